The Morgan fingerprint density at radius 2 is 2.03 bits per heavy atom. The van der Waals surface area contributed by atoms with Crippen LogP contribution in [-0.4, -0.2) is 68.7 Å². The van der Waals surface area contributed by atoms with Crippen LogP contribution >= 0.6 is 0 Å². The first-order chi connectivity index (χ1) is 14.5. The fourth-order valence-electron chi connectivity index (χ4n) is 5.02. The summed E-state index contributed by atoms with van der Waals surface area (Å²) in [5, 5.41) is 19.2. The number of phenolic OH excluding ortho intramolecular Hbond substituents is 1. The Morgan fingerprint density at radius 1 is 1.17 bits per heavy atom. The molecule has 0 amide bonds. The van der Waals surface area contributed by atoms with Gasteiger partial charge in [0.25, 0.3) is 0 Å². The second-order valence-corrected chi connectivity index (χ2v) is 8.34. The summed E-state index contributed by atoms with van der Waals surface area (Å²) in [6, 6.07) is 8.85. The number of aromatic nitrogens is 4. The lowest BCUT2D eigenvalue weighted by molar-refractivity contribution is -0.0177. The van der Waals surface area contributed by atoms with Crippen molar-refractivity contribution in [1.29, 1.82) is 0 Å². The Kier molecular flexibility index (Phi) is 4.66. The minimum absolute atomic E-state index is 0.0133. The number of halogens is 1. The van der Waals surface area contributed by atoms with E-state index in [4.69, 9.17) is 0 Å². The number of benzene rings is 1. The molecule has 4 atom stereocenters. The predicted octanol–water partition coefficient (Wildman–Crippen LogP) is 2.90. The maximum atomic E-state index is 15.1. The number of anilines is 1. The van der Waals surface area contributed by atoms with Crippen LogP contribution < -0.4 is 4.90 Å². The number of nitrogens with zero attached hydrogens (tertiary/aromatic N) is 6. The van der Waals surface area contributed by atoms with Crippen molar-refractivity contribution in [2.75, 3.05) is 25.5 Å². The smallest absolute Gasteiger partial charge is 0.151 e. The van der Waals surface area contributed by atoms with Crippen LogP contribution in [0.3, 0.4) is 0 Å². The van der Waals surface area contributed by atoms with E-state index in [-0.39, 0.29) is 17.8 Å². The molecule has 7 nitrogen and oxygen atoms in total. The lowest BCUT2D eigenvalue weighted by Gasteiger charge is -2.52. The highest BCUT2D eigenvalue weighted by Gasteiger charge is 2.48. The van der Waals surface area contributed by atoms with Crippen molar-refractivity contribution < 1.29 is 9.50 Å². The van der Waals surface area contributed by atoms with Crippen LogP contribution in [0.1, 0.15) is 12.8 Å². The van der Waals surface area contributed by atoms with Gasteiger partial charge >= 0.3 is 0 Å². The molecule has 6 rings (SSSR count). The van der Waals surface area contributed by atoms with E-state index >= 15 is 4.39 Å². The molecule has 156 valence electrons. The minimum Gasteiger partial charge on any atom is -0.507 e. The van der Waals surface area contributed by atoms with Crippen LogP contribution in [0.25, 0.3) is 16.9 Å². The van der Waals surface area contributed by atoms with Gasteiger partial charge in [-0.3, -0.25) is 0 Å². The molecule has 2 aliphatic heterocycles. The van der Waals surface area contributed by atoms with Crippen LogP contribution in [0.4, 0.5) is 10.2 Å². The Bertz CT molecular complexity index is 1020. The summed E-state index contributed by atoms with van der Waals surface area (Å²) in [4.78, 5) is 8.11. The van der Waals surface area contributed by atoms with Crippen LogP contribution in [0, 0.1) is 5.92 Å². The molecule has 3 aliphatic rings. The number of imidazole rings is 1. The monoisotopic (exact) mass is 408 g/mol. The first-order valence-corrected chi connectivity index (χ1v) is 10.3. The molecule has 2 bridgehead atoms. The van der Waals surface area contributed by atoms with Crippen molar-refractivity contribution in [1.82, 2.24) is 24.6 Å². The third-order valence-electron chi connectivity index (χ3n) is 6.62. The highest BCUT2D eigenvalue weighted by Crippen LogP contribution is 2.39. The molecule has 1 aliphatic carbocycles. The standard InChI is InChI=1S/C22H25FN6O/c1-27-12-14-3-7-18(27)21(23)22(14)28(2)20-8-6-17(25-26-20)16-5-4-15(11-19(16)30)29-10-9-24-13-29/h4-6,8-11,13-14,18,21-22,30H,3,7,12H2,1-2H3/t14?,18?,21-,22+/m1/s1. The van der Waals surface area contributed by atoms with Gasteiger partial charge in [0.05, 0.1) is 23.8 Å². The predicted molar refractivity (Wildman–Crippen MR) is 112 cm³/mol. The summed E-state index contributed by atoms with van der Waals surface area (Å²) in [5.74, 6) is 1.06. The molecule has 1 saturated carbocycles. The number of phenols is 1. The molecule has 0 spiro atoms. The van der Waals surface area contributed by atoms with Crippen LogP contribution in [-0.2, 0) is 0 Å². The number of hydrogen-bond acceptors (Lipinski definition) is 6. The third kappa shape index (κ3) is 3.11. The van der Waals surface area contributed by atoms with E-state index in [0.29, 0.717) is 23.0 Å². The quantitative estimate of drug-likeness (QED) is 0.716. The number of piperidine rings is 2. The number of aromatic hydroxyl groups is 1. The molecule has 2 unspecified atom stereocenters. The maximum absolute atomic E-state index is 15.1. The molecule has 0 radical (unpaired) electrons. The molecule has 1 aromatic carbocycles. The van der Waals surface area contributed by atoms with Gasteiger partial charge in [-0.1, -0.05) is 0 Å². The fourth-order valence-corrected chi connectivity index (χ4v) is 5.02. The zero-order chi connectivity index (χ0) is 20.8. The zero-order valence-electron chi connectivity index (χ0n) is 17.1. The number of hydrogen-bond donors (Lipinski definition) is 1. The summed E-state index contributed by atoms with van der Waals surface area (Å²) in [5.41, 5.74) is 1.98. The lowest BCUT2D eigenvalue weighted by Crippen LogP contribution is -2.64. The zero-order valence-corrected chi connectivity index (χ0v) is 17.1. The van der Waals surface area contributed by atoms with E-state index in [1.54, 1.807) is 18.6 Å². The first kappa shape index (κ1) is 19.0. The van der Waals surface area contributed by atoms with Crippen molar-refractivity contribution >= 4 is 5.82 Å². The largest absolute Gasteiger partial charge is 0.507 e. The average Bonchev–Trinajstić information content (AvgIpc) is 3.29. The van der Waals surface area contributed by atoms with Gasteiger partial charge in [-0.15, -0.1) is 10.2 Å². The Morgan fingerprint density at radius 3 is 2.67 bits per heavy atom. The first-order valence-electron chi connectivity index (χ1n) is 10.3. The van der Waals surface area contributed by atoms with Gasteiger partial charge in [0.1, 0.15) is 11.9 Å². The van der Waals surface area contributed by atoms with Gasteiger partial charge in [-0.2, -0.15) is 0 Å². The lowest BCUT2D eigenvalue weighted by atomic mass is 9.74. The topological polar surface area (TPSA) is 70.3 Å². The fraction of sp³-hybridized carbons (Fsp3) is 0.409. The molecule has 30 heavy (non-hydrogen) atoms. The summed E-state index contributed by atoms with van der Waals surface area (Å²) in [6.07, 6.45) is 6.25. The molecule has 3 fully saturated rings. The molecule has 8 heteroatoms. The number of fused-ring (bicyclic) bond motifs is 3. The molecule has 1 N–H and O–H groups in total. The van der Waals surface area contributed by atoms with Crippen molar-refractivity contribution in [2.24, 2.45) is 5.92 Å². The molecular formula is C22H25FN6O. The Hall–Kier alpha value is -3.00. The molecule has 2 aromatic heterocycles. The summed E-state index contributed by atoms with van der Waals surface area (Å²) in [7, 11) is 3.91. The molecular weight excluding hydrogens is 383 g/mol. The number of alkyl halides is 1. The normalized spacial score (nSPS) is 26.1. The van der Waals surface area contributed by atoms with E-state index in [9.17, 15) is 5.11 Å². The van der Waals surface area contributed by atoms with Gasteiger partial charge < -0.3 is 19.5 Å². The minimum atomic E-state index is -0.895. The summed E-state index contributed by atoms with van der Waals surface area (Å²) < 4.78 is 16.9. The highest BCUT2D eigenvalue weighted by atomic mass is 19.1. The average molecular weight is 408 g/mol. The molecule has 2 saturated heterocycles. The van der Waals surface area contributed by atoms with E-state index in [2.05, 4.69) is 20.1 Å². The van der Waals surface area contributed by atoms with E-state index < -0.39 is 6.17 Å². The van der Waals surface area contributed by atoms with Crippen molar-refractivity contribution in [3.63, 3.8) is 0 Å². The Labute approximate surface area is 174 Å². The second kappa shape index (κ2) is 7.36. The van der Waals surface area contributed by atoms with Gasteiger partial charge in [0.2, 0.25) is 0 Å². The Balaban J connectivity index is 1.37. The van der Waals surface area contributed by atoms with Gasteiger partial charge in [-0.05, 0) is 50.1 Å². The molecule has 4 heterocycles. The SMILES string of the molecule is CN1CC2CCC1[C@@H](F)[C@H]2N(C)c1ccc(-c2ccc(-n3ccnc3)cc2O)nn1. The second-order valence-electron chi connectivity index (χ2n) is 8.34. The number of rotatable bonds is 4. The summed E-state index contributed by atoms with van der Waals surface area (Å²) >= 11 is 0. The van der Waals surface area contributed by atoms with E-state index in [1.165, 1.54) is 0 Å². The van der Waals surface area contributed by atoms with E-state index in [1.807, 2.05) is 54.0 Å². The molecule has 3 aromatic rings. The van der Waals surface area contributed by atoms with Crippen molar-refractivity contribution in [2.45, 2.75) is 31.1 Å². The van der Waals surface area contributed by atoms with Gasteiger partial charge in [-0.25, -0.2) is 9.37 Å². The van der Waals surface area contributed by atoms with Crippen molar-refractivity contribution in [3.8, 4) is 22.7 Å². The third-order valence-corrected chi connectivity index (χ3v) is 6.62. The van der Waals surface area contributed by atoms with Crippen LogP contribution in [0.5, 0.6) is 5.75 Å². The summed E-state index contributed by atoms with van der Waals surface area (Å²) in [6.45, 7) is 0.919. The van der Waals surface area contributed by atoms with E-state index in [0.717, 1.165) is 25.1 Å². The maximum Gasteiger partial charge on any atom is 0.151 e. The van der Waals surface area contributed by atoms with Crippen LogP contribution in [0.2, 0.25) is 0 Å². The van der Waals surface area contributed by atoms with Gasteiger partial charge in [0.15, 0.2) is 5.82 Å². The van der Waals surface area contributed by atoms with Crippen LogP contribution in [0.15, 0.2) is 49.1 Å². The highest BCUT2D eigenvalue weighted by molar-refractivity contribution is 5.69. The van der Waals surface area contributed by atoms with Gasteiger partial charge in [0, 0.05) is 43.7 Å². The van der Waals surface area contributed by atoms with Crippen molar-refractivity contribution in [3.05, 3.63) is 49.1 Å².